The molecule has 0 fully saturated rings. The van der Waals surface area contributed by atoms with Crippen LogP contribution in [0.3, 0.4) is 0 Å². The van der Waals surface area contributed by atoms with Gasteiger partial charge < -0.3 is 4.74 Å². The monoisotopic (exact) mass is 260 g/mol. The van der Waals surface area contributed by atoms with E-state index < -0.39 is 0 Å². The lowest BCUT2D eigenvalue weighted by atomic mass is 10.1. The number of hydrogen-bond donors (Lipinski definition) is 0. The zero-order valence-corrected chi connectivity index (χ0v) is 10.6. The number of rotatable bonds is 5. The molecule has 0 unspecified atom stereocenters. The summed E-state index contributed by atoms with van der Waals surface area (Å²) in [6, 6.07) is 5.39. The van der Waals surface area contributed by atoms with Gasteiger partial charge in [0.15, 0.2) is 0 Å². The second-order valence-electron chi connectivity index (χ2n) is 3.39. The van der Waals surface area contributed by atoms with Gasteiger partial charge in [0.25, 0.3) is 0 Å². The summed E-state index contributed by atoms with van der Waals surface area (Å²) in [6.07, 6.45) is 1.92. The van der Waals surface area contributed by atoms with Crippen LogP contribution in [0.5, 0.6) is 0 Å². The Balaban J connectivity index is 2.40. The molecule has 0 bridgehead atoms. The Morgan fingerprint density at radius 1 is 1.38 bits per heavy atom. The lowest BCUT2D eigenvalue weighted by Crippen LogP contribution is -2.04. The zero-order chi connectivity index (χ0) is 12.0. The Kier molecular flexibility index (Phi) is 5.64. The van der Waals surface area contributed by atoms with Crippen molar-refractivity contribution in [2.45, 2.75) is 26.2 Å². The molecular formula is C12H14Cl2O2. The summed E-state index contributed by atoms with van der Waals surface area (Å²) in [5.74, 6) is -0.160. The van der Waals surface area contributed by atoms with Gasteiger partial charge in [-0.3, -0.25) is 4.79 Å². The standard InChI is InChI=1S/C12H14Cl2O2/c1-2-16-12(15)5-3-4-9-6-7-10(13)8-11(9)14/h6-8H,2-5H2,1H3. The molecule has 0 amide bonds. The van der Waals surface area contributed by atoms with E-state index in [2.05, 4.69) is 0 Å². The topological polar surface area (TPSA) is 26.3 Å². The predicted molar refractivity (Wildman–Crippen MR) is 66.0 cm³/mol. The van der Waals surface area contributed by atoms with Crippen molar-refractivity contribution in [3.8, 4) is 0 Å². The van der Waals surface area contributed by atoms with Gasteiger partial charge >= 0.3 is 5.97 Å². The fraction of sp³-hybridized carbons (Fsp3) is 0.417. The Hall–Kier alpha value is -0.730. The van der Waals surface area contributed by atoms with Gasteiger partial charge in [-0.2, -0.15) is 0 Å². The number of halogens is 2. The molecule has 0 heterocycles. The fourth-order valence-corrected chi connectivity index (χ4v) is 1.88. The minimum absolute atomic E-state index is 0.160. The summed E-state index contributed by atoms with van der Waals surface area (Å²) in [4.78, 5) is 11.1. The molecule has 16 heavy (non-hydrogen) atoms. The number of ether oxygens (including phenoxy) is 1. The molecule has 0 aliphatic rings. The second kappa shape index (κ2) is 6.77. The van der Waals surface area contributed by atoms with Crippen LogP contribution >= 0.6 is 23.2 Å². The molecule has 0 N–H and O–H groups in total. The maximum atomic E-state index is 11.1. The van der Waals surface area contributed by atoms with Gasteiger partial charge in [0.05, 0.1) is 6.61 Å². The molecule has 4 heteroatoms. The first-order valence-corrected chi connectivity index (χ1v) is 5.98. The summed E-state index contributed by atoms with van der Waals surface area (Å²) in [5.41, 5.74) is 1.01. The number of aryl methyl sites for hydroxylation is 1. The van der Waals surface area contributed by atoms with Crippen LogP contribution in [0.15, 0.2) is 18.2 Å². The summed E-state index contributed by atoms with van der Waals surface area (Å²) in [5, 5.41) is 1.27. The van der Waals surface area contributed by atoms with E-state index in [0.717, 1.165) is 18.4 Å². The van der Waals surface area contributed by atoms with Crippen molar-refractivity contribution >= 4 is 29.2 Å². The highest BCUT2D eigenvalue weighted by atomic mass is 35.5. The van der Waals surface area contributed by atoms with E-state index in [9.17, 15) is 4.79 Å². The molecule has 1 rings (SSSR count). The molecule has 0 aliphatic carbocycles. The van der Waals surface area contributed by atoms with Crippen LogP contribution < -0.4 is 0 Å². The Bertz CT molecular complexity index is 364. The molecule has 0 spiro atoms. The molecule has 2 nitrogen and oxygen atoms in total. The number of carbonyl (C=O) groups excluding carboxylic acids is 1. The normalized spacial score (nSPS) is 10.2. The highest BCUT2D eigenvalue weighted by Crippen LogP contribution is 2.22. The molecule has 0 saturated heterocycles. The maximum Gasteiger partial charge on any atom is 0.305 e. The predicted octanol–water partition coefficient (Wildman–Crippen LogP) is 3.88. The van der Waals surface area contributed by atoms with Crippen LogP contribution in [-0.2, 0) is 16.0 Å². The lowest BCUT2D eigenvalue weighted by molar-refractivity contribution is -0.143. The van der Waals surface area contributed by atoms with Crippen molar-refractivity contribution in [2.24, 2.45) is 0 Å². The fourth-order valence-electron chi connectivity index (χ4n) is 1.38. The highest BCUT2D eigenvalue weighted by Gasteiger charge is 2.04. The van der Waals surface area contributed by atoms with E-state index in [-0.39, 0.29) is 5.97 Å². The van der Waals surface area contributed by atoms with Crippen LogP contribution in [0.1, 0.15) is 25.3 Å². The van der Waals surface area contributed by atoms with Crippen LogP contribution in [0, 0.1) is 0 Å². The number of carbonyl (C=O) groups is 1. The van der Waals surface area contributed by atoms with Gasteiger partial charge in [-0.25, -0.2) is 0 Å². The average Bonchev–Trinajstić information content (AvgIpc) is 2.22. The zero-order valence-electron chi connectivity index (χ0n) is 9.13. The second-order valence-corrected chi connectivity index (χ2v) is 4.24. The minimum Gasteiger partial charge on any atom is -0.466 e. The van der Waals surface area contributed by atoms with Gasteiger partial charge in [0.1, 0.15) is 0 Å². The number of esters is 1. The van der Waals surface area contributed by atoms with Crippen molar-refractivity contribution < 1.29 is 9.53 Å². The van der Waals surface area contributed by atoms with Gasteiger partial charge in [0.2, 0.25) is 0 Å². The quantitative estimate of drug-likeness (QED) is 0.752. The van der Waals surface area contributed by atoms with E-state index in [1.54, 1.807) is 19.1 Å². The lowest BCUT2D eigenvalue weighted by Gasteiger charge is -2.04. The molecule has 0 radical (unpaired) electrons. The summed E-state index contributed by atoms with van der Waals surface area (Å²) in [7, 11) is 0. The van der Waals surface area contributed by atoms with Gasteiger partial charge in [-0.15, -0.1) is 0 Å². The molecular weight excluding hydrogens is 247 g/mol. The van der Waals surface area contributed by atoms with Crippen molar-refractivity contribution in [3.63, 3.8) is 0 Å². The third-order valence-corrected chi connectivity index (χ3v) is 2.73. The van der Waals surface area contributed by atoms with Crippen molar-refractivity contribution in [2.75, 3.05) is 6.61 Å². The Morgan fingerprint density at radius 3 is 2.75 bits per heavy atom. The van der Waals surface area contributed by atoms with Crippen molar-refractivity contribution in [1.29, 1.82) is 0 Å². The first kappa shape index (κ1) is 13.3. The molecule has 1 aromatic rings. The van der Waals surface area contributed by atoms with Crippen molar-refractivity contribution in [1.82, 2.24) is 0 Å². The first-order valence-electron chi connectivity index (χ1n) is 5.23. The summed E-state index contributed by atoms with van der Waals surface area (Å²) >= 11 is 11.8. The molecule has 1 aromatic carbocycles. The third kappa shape index (κ3) is 4.42. The SMILES string of the molecule is CCOC(=O)CCCc1ccc(Cl)cc1Cl. The molecule has 0 aromatic heterocycles. The van der Waals surface area contributed by atoms with E-state index >= 15 is 0 Å². The van der Waals surface area contributed by atoms with Crippen LogP contribution in [0.25, 0.3) is 0 Å². The van der Waals surface area contributed by atoms with Crippen molar-refractivity contribution in [3.05, 3.63) is 33.8 Å². The Labute approximate surface area is 106 Å². The number of benzene rings is 1. The Morgan fingerprint density at radius 2 is 2.12 bits per heavy atom. The largest absolute Gasteiger partial charge is 0.466 e. The summed E-state index contributed by atoms with van der Waals surface area (Å²) in [6.45, 7) is 2.23. The minimum atomic E-state index is -0.160. The molecule has 0 saturated carbocycles. The number of hydrogen-bond acceptors (Lipinski definition) is 2. The van der Waals surface area contributed by atoms with E-state index in [1.165, 1.54) is 0 Å². The highest BCUT2D eigenvalue weighted by molar-refractivity contribution is 6.35. The van der Waals surface area contributed by atoms with Crippen LogP contribution in [0.2, 0.25) is 10.0 Å². The van der Waals surface area contributed by atoms with E-state index in [4.69, 9.17) is 27.9 Å². The van der Waals surface area contributed by atoms with Crippen LogP contribution in [0.4, 0.5) is 0 Å². The average molecular weight is 261 g/mol. The van der Waals surface area contributed by atoms with Gasteiger partial charge in [-0.05, 0) is 37.5 Å². The van der Waals surface area contributed by atoms with E-state index in [1.807, 2.05) is 6.07 Å². The molecule has 88 valence electrons. The smallest absolute Gasteiger partial charge is 0.305 e. The van der Waals surface area contributed by atoms with Crippen LogP contribution in [-0.4, -0.2) is 12.6 Å². The first-order chi connectivity index (χ1) is 7.63. The van der Waals surface area contributed by atoms with E-state index in [0.29, 0.717) is 23.1 Å². The molecule has 0 atom stereocenters. The third-order valence-electron chi connectivity index (χ3n) is 2.15. The molecule has 0 aliphatic heterocycles. The summed E-state index contributed by atoms with van der Waals surface area (Å²) < 4.78 is 4.84. The maximum absolute atomic E-state index is 11.1. The van der Waals surface area contributed by atoms with Gasteiger partial charge in [0, 0.05) is 16.5 Å². The van der Waals surface area contributed by atoms with Gasteiger partial charge in [-0.1, -0.05) is 29.3 Å².